The van der Waals surface area contributed by atoms with E-state index in [9.17, 15) is 14.4 Å². The van der Waals surface area contributed by atoms with Gasteiger partial charge in [-0.25, -0.2) is 4.79 Å². The molecule has 1 heterocycles. The SMILES string of the molecule is COc1cc(CC(=O)N2CCCC2N(C)[C@H]2CC[C@@H](C(=O)OCc3ccccc3)CC2)ccc1NC(=O)Nc1ccccc1C. The van der Waals surface area contributed by atoms with E-state index in [2.05, 4.69) is 22.6 Å². The number of nitrogens with one attached hydrogen (secondary N) is 2. The monoisotopic (exact) mass is 612 g/mol. The highest BCUT2D eigenvalue weighted by Crippen LogP contribution is 2.33. The van der Waals surface area contributed by atoms with Crippen molar-refractivity contribution in [2.75, 3.05) is 31.3 Å². The highest BCUT2D eigenvalue weighted by Gasteiger charge is 2.37. The maximum Gasteiger partial charge on any atom is 0.323 e. The van der Waals surface area contributed by atoms with E-state index in [1.807, 2.05) is 78.6 Å². The van der Waals surface area contributed by atoms with E-state index in [1.165, 1.54) is 0 Å². The van der Waals surface area contributed by atoms with Crippen molar-refractivity contribution >= 4 is 29.3 Å². The van der Waals surface area contributed by atoms with Crippen LogP contribution >= 0.6 is 0 Å². The number of urea groups is 1. The average Bonchev–Trinajstić information content (AvgIpc) is 3.56. The lowest BCUT2D eigenvalue weighted by atomic mass is 9.85. The van der Waals surface area contributed by atoms with Crippen LogP contribution in [0.2, 0.25) is 0 Å². The van der Waals surface area contributed by atoms with Crippen molar-refractivity contribution in [1.29, 1.82) is 0 Å². The number of likely N-dealkylation sites (tertiary alicyclic amines) is 1. The number of carbonyl (C=O) groups excluding carboxylic acids is 3. The van der Waals surface area contributed by atoms with Crippen LogP contribution in [0.4, 0.5) is 16.2 Å². The molecule has 3 aromatic rings. The second-order valence-electron chi connectivity index (χ2n) is 12.1. The number of amides is 3. The van der Waals surface area contributed by atoms with E-state index >= 15 is 0 Å². The van der Waals surface area contributed by atoms with E-state index in [4.69, 9.17) is 9.47 Å². The number of esters is 1. The second-order valence-corrected chi connectivity index (χ2v) is 12.1. The maximum atomic E-state index is 13.6. The molecule has 0 spiro atoms. The molecule has 1 unspecified atom stereocenters. The molecule has 1 saturated carbocycles. The molecule has 1 aliphatic heterocycles. The fourth-order valence-corrected chi connectivity index (χ4v) is 6.49. The van der Waals surface area contributed by atoms with E-state index < -0.39 is 0 Å². The molecule has 1 aliphatic carbocycles. The quantitative estimate of drug-likeness (QED) is 0.258. The molecule has 3 amide bonds. The molecule has 0 bridgehead atoms. The number of aryl methyl sites for hydroxylation is 1. The normalized spacial score (nSPS) is 19.6. The number of methoxy groups -OCH3 is 1. The van der Waals surface area contributed by atoms with Crippen molar-refractivity contribution in [1.82, 2.24) is 9.80 Å². The average molecular weight is 613 g/mol. The third-order valence-corrected chi connectivity index (χ3v) is 9.10. The van der Waals surface area contributed by atoms with Crippen molar-refractivity contribution in [3.8, 4) is 5.75 Å². The molecular formula is C36H44N4O5. The molecule has 2 fully saturated rings. The summed E-state index contributed by atoms with van der Waals surface area (Å²) in [6, 6.07) is 22.7. The predicted molar refractivity (Wildman–Crippen MR) is 175 cm³/mol. The molecule has 2 aliphatic rings. The molecule has 0 radical (unpaired) electrons. The Morgan fingerprint density at radius 1 is 0.867 bits per heavy atom. The lowest BCUT2D eigenvalue weighted by molar-refractivity contribution is -0.151. The van der Waals surface area contributed by atoms with Gasteiger partial charge < -0.3 is 25.0 Å². The summed E-state index contributed by atoms with van der Waals surface area (Å²) in [5.74, 6) is 0.388. The lowest BCUT2D eigenvalue weighted by Gasteiger charge is -2.40. The van der Waals surface area contributed by atoms with E-state index in [0.29, 0.717) is 24.1 Å². The van der Waals surface area contributed by atoms with Gasteiger partial charge in [0.05, 0.1) is 31.3 Å². The predicted octanol–water partition coefficient (Wildman–Crippen LogP) is 6.37. The summed E-state index contributed by atoms with van der Waals surface area (Å²) in [4.78, 5) is 43.2. The van der Waals surface area contributed by atoms with Crippen molar-refractivity contribution in [3.63, 3.8) is 0 Å². The van der Waals surface area contributed by atoms with E-state index in [1.54, 1.807) is 13.2 Å². The molecular weight excluding hydrogens is 568 g/mol. The Bertz CT molecular complexity index is 1470. The minimum absolute atomic E-state index is 0.0389. The molecule has 1 atom stereocenters. The van der Waals surface area contributed by atoms with Gasteiger partial charge in [0.1, 0.15) is 12.4 Å². The Hall–Kier alpha value is -4.37. The number of para-hydroxylation sites is 1. The first-order chi connectivity index (χ1) is 21.8. The number of ether oxygens (including phenoxy) is 2. The molecule has 3 aromatic carbocycles. The minimum Gasteiger partial charge on any atom is -0.495 e. The van der Waals surface area contributed by atoms with Gasteiger partial charge in [0.2, 0.25) is 5.91 Å². The standard InChI is InChI=1S/C36H44N4O5/c1-25-10-7-8-13-30(25)37-36(43)38-31-20-15-27(22-32(31)44-3)23-34(41)40-21-9-14-33(40)39(2)29-18-16-28(17-19-29)35(42)45-24-26-11-5-4-6-12-26/h4-8,10-13,15,20,22,28-29,33H,9,14,16-19,21,23-24H2,1-3H3,(H2,37,38,43)/t28-,29+,33?. The zero-order valence-electron chi connectivity index (χ0n) is 26.5. The van der Waals surface area contributed by atoms with Crippen LogP contribution in [0.3, 0.4) is 0 Å². The molecule has 5 rings (SSSR count). The van der Waals surface area contributed by atoms with Crippen LogP contribution in [0, 0.1) is 12.8 Å². The van der Waals surface area contributed by atoms with Crippen molar-refractivity contribution in [2.45, 2.75) is 70.7 Å². The van der Waals surface area contributed by atoms with Gasteiger partial charge in [-0.15, -0.1) is 0 Å². The van der Waals surface area contributed by atoms with Crippen LogP contribution in [0.1, 0.15) is 55.2 Å². The van der Waals surface area contributed by atoms with Crippen LogP contribution in [-0.4, -0.2) is 60.6 Å². The van der Waals surface area contributed by atoms with Crippen LogP contribution < -0.4 is 15.4 Å². The van der Waals surface area contributed by atoms with E-state index in [0.717, 1.165) is 67.4 Å². The van der Waals surface area contributed by atoms with Gasteiger partial charge in [-0.2, -0.15) is 0 Å². The van der Waals surface area contributed by atoms with Crippen molar-refractivity contribution in [3.05, 3.63) is 89.5 Å². The summed E-state index contributed by atoms with van der Waals surface area (Å²) in [6.45, 7) is 2.97. The van der Waals surface area contributed by atoms with Crippen LogP contribution in [0.5, 0.6) is 5.75 Å². The van der Waals surface area contributed by atoms with Gasteiger partial charge in [-0.3, -0.25) is 14.5 Å². The summed E-state index contributed by atoms with van der Waals surface area (Å²) in [5.41, 5.74) is 4.04. The summed E-state index contributed by atoms with van der Waals surface area (Å²) in [7, 11) is 3.66. The lowest BCUT2D eigenvalue weighted by Crippen LogP contribution is -2.51. The molecule has 1 saturated heterocycles. The number of benzene rings is 3. The fraction of sp³-hybridized carbons (Fsp3) is 0.417. The third kappa shape index (κ3) is 8.22. The zero-order valence-corrected chi connectivity index (χ0v) is 26.5. The number of carbonyl (C=O) groups is 3. The van der Waals surface area contributed by atoms with Crippen molar-refractivity contribution < 1.29 is 23.9 Å². The largest absolute Gasteiger partial charge is 0.495 e. The van der Waals surface area contributed by atoms with Crippen molar-refractivity contribution in [2.24, 2.45) is 5.92 Å². The summed E-state index contributed by atoms with van der Waals surface area (Å²) >= 11 is 0. The molecule has 2 N–H and O–H groups in total. The number of hydrogen-bond acceptors (Lipinski definition) is 6. The number of hydrogen-bond donors (Lipinski definition) is 2. The number of nitrogens with zero attached hydrogens (tertiary/aromatic N) is 2. The van der Waals surface area contributed by atoms with Gasteiger partial charge in [-0.1, -0.05) is 54.6 Å². The Balaban J connectivity index is 1.12. The number of rotatable bonds is 10. The van der Waals surface area contributed by atoms with Gasteiger partial charge in [0.15, 0.2) is 0 Å². The smallest absolute Gasteiger partial charge is 0.323 e. The molecule has 9 nitrogen and oxygen atoms in total. The Morgan fingerprint density at radius 2 is 1.58 bits per heavy atom. The Morgan fingerprint density at radius 3 is 2.31 bits per heavy atom. The van der Waals surface area contributed by atoms with Gasteiger partial charge in [0, 0.05) is 18.3 Å². The first-order valence-electron chi connectivity index (χ1n) is 15.8. The third-order valence-electron chi connectivity index (χ3n) is 9.10. The molecule has 45 heavy (non-hydrogen) atoms. The second kappa shape index (κ2) is 15.1. The van der Waals surface area contributed by atoms with Gasteiger partial charge in [-0.05, 0) is 87.4 Å². The molecule has 9 heteroatoms. The molecule has 238 valence electrons. The summed E-state index contributed by atoms with van der Waals surface area (Å²) < 4.78 is 11.2. The van der Waals surface area contributed by atoms with Gasteiger partial charge >= 0.3 is 12.0 Å². The maximum absolute atomic E-state index is 13.6. The Labute approximate surface area is 265 Å². The highest BCUT2D eigenvalue weighted by molar-refractivity contribution is 6.01. The first-order valence-corrected chi connectivity index (χ1v) is 15.8. The zero-order chi connectivity index (χ0) is 31.8. The fourth-order valence-electron chi connectivity index (χ4n) is 6.49. The highest BCUT2D eigenvalue weighted by atomic mass is 16.5. The van der Waals surface area contributed by atoms with E-state index in [-0.39, 0.29) is 36.4 Å². The summed E-state index contributed by atoms with van der Waals surface area (Å²) in [5, 5.41) is 5.71. The minimum atomic E-state index is -0.368. The Kier molecular flexibility index (Phi) is 10.7. The van der Waals surface area contributed by atoms with Crippen LogP contribution in [0.15, 0.2) is 72.8 Å². The number of anilines is 2. The van der Waals surface area contributed by atoms with Crippen LogP contribution in [0.25, 0.3) is 0 Å². The van der Waals surface area contributed by atoms with Crippen LogP contribution in [-0.2, 0) is 27.4 Å². The first kappa shape index (κ1) is 32.0. The van der Waals surface area contributed by atoms with Gasteiger partial charge in [0.25, 0.3) is 0 Å². The molecule has 0 aromatic heterocycles. The summed E-state index contributed by atoms with van der Waals surface area (Å²) in [6.07, 6.45) is 5.59. The topological polar surface area (TPSA) is 100 Å².